The fourth-order valence-electron chi connectivity index (χ4n) is 1.37. The summed E-state index contributed by atoms with van der Waals surface area (Å²) in [7, 11) is 0. The first kappa shape index (κ1) is 17.9. The molecule has 0 atom stereocenters. The summed E-state index contributed by atoms with van der Waals surface area (Å²) in [5.74, 6) is 0. The van der Waals surface area contributed by atoms with Gasteiger partial charge >= 0.3 is 0 Å². The summed E-state index contributed by atoms with van der Waals surface area (Å²) in [6.45, 7) is 3.48. The van der Waals surface area contributed by atoms with Gasteiger partial charge in [0.15, 0.2) is 0 Å². The Morgan fingerprint density at radius 3 is 1.65 bits per heavy atom. The van der Waals surface area contributed by atoms with Crippen molar-refractivity contribution in [3.63, 3.8) is 0 Å². The predicted molar refractivity (Wildman–Crippen MR) is 96.2 cm³/mol. The van der Waals surface area contributed by atoms with E-state index in [4.69, 9.17) is 4.74 Å². The van der Waals surface area contributed by atoms with Crippen LogP contribution in [0.25, 0.3) is 0 Å². The van der Waals surface area contributed by atoms with E-state index in [1.165, 1.54) is 11.1 Å². The van der Waals surface area contributed by atoms with E-state index in [1.54, 1.807) is 0 Å². The van der Waals surface area contributed by atoms with Crippen LogP contribution in [0, 0.1) is 0 Å². The summed E-state index contributed by atoms with van der Waals surface area (Å²) in [6.07, 6.45) is 0. The van der Waals surface area contributed by atoms with Crippen LogP contribution >= 0.6 is 47.8 Å². The molecule has 0 spiro atoms. The molecule has 0 bridgehead atoms. The van der Waals surface area contributed by atoms with Gasteiger partial charge in [0.25, 0.3) is 0 Å². The largest absolute Gasteiger partial charge is 0.377 e. The summed E-state index contributed by atoms with van der Waals surface area (Å²) >= 11 is 10.1. The topological polar surface area (TPSA) is 9.23 Å². The van der Waals surface area contributed by atoms with Gasteiger partial charge in [-0.3, -0.25) is 0 Å². The van der Waals surface area contributed by atoms with E-state index in [9.17, 15) is 0 Å². The maximum atomic E-state index is 5.24. The van der Waals surface area contributed by atoms with Gasteiger partial charge in [0.1, 0.15) is 0 Å². The van der Waals surface area contributed by atoms with E-state index >= 15 is 0 Å². The number of halogens is 3. The van der Waals surface area contributed by atoms with Crippen molar-refractivity contribution in [1.82, 2.24) is 0 Å². The molecule has 108 valence electrons. The molecule has 0 fully saturated rings. The second-order valence-corrected chi connectivity index (χ2v) is 6.42. The predicted octanol–water partition coefficient (Wildman–Crippen LogP) is 6.33. The van der Waals surface area contributed by atoms with Crippen LogP contribution in [0.4, 0.5) is 0 Å². The smallest absolute Gasteiger partial charge is 0.0716 e. The lowest BCUT2D eigenvalue weighted by Gasteiger charge is -2.00. The quantitative estimate of drug-likeness (QED) is 0.480. The molecule has 0 saturated heterocycles. The molecule has 0 aliphatic carbocycles. The van der Waals surface area contributed by atoms with Gasteiger partial charge in [0.05, 0.1) is 6.61 Å². The Hall–Kier alpha value is -0.160. The van der Waals surface area contributed by atoms with Crippen molar-refractivity contribution >= 4 is 47.8 Å². The van der Waals surface area contributed by atoms with Crippen molar-refractivity contribution in [3.8, 4) is 0 Å². The highest BCUT2D eigenvalue weighted by molar-refractivity contribution is 9.10. The van der Waals surface area contributed by atoms with Crippen LogP contribution in [0.3, 0.4) is 0 Å². The van der Waals surface area contributed by atoms with Crippen molar-refractivity contribution in [1.29, 1.82) is 0 Å². The van der Waals surface area contributed by atoms with E-state index < -0.39 is 0 Å². The van der Waals surface area contributed by atoms with Crippen molar-refractivity contribution < 1.29 is 4.74 Å². The number of benzene rings is 2. The van der Waals surface area contributed by atoms with Gasteiger partial charge in [-0.2, -0.15) is 0 Å². The normalized spacial score (nSPS) is 9.80. The van der Waals surface area contributed by atoms with Gasteiger partial charge in [-0.25, -0.2) is 0 Å². The fraction of sp³-hybridized carbons (Fsp3) is 0.250. The molecule has 20 heavy (non-hydrogen) atoms. The molecule has 0 unspecified atom stereocenters. The molecule has 1 nitrogen and oxygen atoms in total. The van der Waals surface area contributed by atoms with Crippen LogP contribution < -0.4 is 0 Å². The van der Waals surface area contributed by atoms with Gasteiger partial charge in [0.2, 0.25) is 0 Å². The minimum absolute atomic E-state index is 0.712. The van der Waals surface area contributed by atoms with Gasteiger partial charge in [0, 0.05) is 20.9 Å². The SMILES string of the molecule is BrCc1ccc(Br)cc1.CCOCc1ccc(Br)cc1. The van der Waals surface area contributed by atoms with Gasteiger partial charge < -0.3 is 4.74 Å². The zero-order valence-electron chi connectivity index (χ0n) is 11.3. The molecule has 0 amide bonds. The number of ether oxygens (including phenoxy) is 1. The number of hydrogen-bond acceptors (Lipinski definition) is 1. The first-order chi connectivity index (χ1) is 9.65. The lowest BCUT2D eigenvalue weighted by molar-refractivity contribution is 0.134. The molecule has 0 saturated carbocycles. The number of hydrogen-bond donors (Lipinski definition) is 0. The van der Waals surface area contributed by atoms with Crippen LogP contribution in [0.1, 0.15) is 18.1 Å². The molecule has 0 aliphatic heterocycles. The highest BCUT2D eigenvalue weighted by Gasteiger charge is 1.90. The Morgan fingerprint density at radius 1 is 0.800 bits per heavy atom. The van der Waals surface area contributed by atoms with E-state index in [1.807, 2.05) is 31.2 Å². The Balaban J connectivity index is 0.000000204. The summed E-state index contributed by atoms with van der Waals surface area (Å²) in [5, 5.41) is 0.931. The zero-order chi connectivity index (χ0) is 14.8. The molecule has 0 aliphatic rings. The van der Waals surface area contributed by atoms with Crippen molar-refractivity contribution in [2.24, 2.45) is 0 Å². The average Bonchev–Trinajstić information content (AvgIpc) is 2.48. The van der Waals surface area contributed by atoms with Crippen LogP contribution in [0.2, 0.25) is 0 Å². The Morgan fingerprint density at radius 2 is 1.25 bits per heavy atom. The maximum absolute atomic E-state index is 5.24. The Labute approximate surface area is 146 Å². The second kappa shape index (κ2) is 10.6. The molecule has 4 heteroatoms. The lowest BCUT2D eigenvalue weighted by Crippen LogP contribution is -1.90. The highest BCUT2D eigenvalue weighted by Crippen LogP contribution is 2.12. The van der Waals surface area contributed by atoms with E-state index in [0.717, 1.165) is 20.9 Å². The lowest BCUT2D eigenvalue weighted by atomic mass is 10.2. The first-order valence-corrected chi connectivity index (χ1v) is 8.99. The third-order valence-electron chi connectivity index (χ3n) is 2.45. The summed E-state index contributed by atoms with van der Waals surface area (Å²) < 4.78 is 7.48. The standard InChI is InChI=1S/C9H11BrO.C7H6Br2/c1-2-11-7-8-3-5-9(10)6-4-8;8-5-6-1-3-7(9)4-2-6/h3-6H,2,7H2,1H3;1-4H,5H2. The number of alkyl halides is 1. The van der Waals surface area contributed by atoms with E-state index in [2.05, 4.69) is 72.1 Å². The minimum atomic E-state index is 0.712. The molecule has 0 radical (unpaired) electrons. The highest BCUT2D eigenvalue weighted by atomic mass is 79.9. The molecule has 0 heterocycles. The van der Waals surface area contributed by atoms with Crippen LogP contribution in [0.15, 0.2) is 57.5 Å². The number of rotatable bonds is 4. The Kier molecular flexibility index (Phi) is 9.44. The molecule has 2 aromatic carbocycles. The third-order valence-corrected chi connectivity index (χ3v) is 4.16. The Bertz CT molecular complexity index is 480. The summed E-state index contributed by atoms with van der Waals surface area (Å²) in [5.41, 5.74) is 2.52. The maximum Gasteiger partial charge on any atom is 0.0716 e. The first-order valence-electron chi connectivity index (χ1n) is 6.28. The van der Waals surface area contributed by atoms with Gasteiger partial charge in [-0.15, -0.1) is 0 Å². The molecular formula is C16H17Br3O. The van der Waals surface area contributed by atoms with Crippen LogP contribution in [-0.4, -0.2) is 6.61 Å². The molecular weight excluding hydrogens is 448 g/mol. The van der Waals surface area contributed by atoms with Gasteiger partial charge in [-0.1, -0.05) is 72.1 Å². The fourth-order valence-corrected chi connectivity index (χ4v) is 2.28. The molecule has 2 aromatic rings. The van der Waals surface area contributed by atoms with Crippen molar-refractivity contribution in [2.45, 2.75) is 18.9 Å². The molecule has 0 aromatic heterocycles. The minimum Gasteiger partial charge on any atom is -0.377 e. The third kappa shape index (κ3) is 7.58. The molecule has 0 N–H and O–H groups in total. The average molecular weight is 465 g/mol. The van der Waals surface area contributed by atoms with E-state index in [-0.39, 0.29) is 0 Å². The van der Waals surface area contributed by atoms with Gasteiger partial charge in [-0.05, 0) is 42.3 Å². The van der Waals surface area contributed by atoms with Crippen molar-refractivity contribution in [2.75, 3.05) is 6.61 Å². The zero-order valence-corrected chi connectivity index (χ0v) is 16.0. The van der Waals surface area contributed by atoms with Crippen molar-refractivity contribution in [3.05, 3.63) is 68.6 Å². The monoisotopic (exact) mass is 462 g/mol. The van der Waals surface area contributed by atoms with Crippen LogP contribution in [0.5, 0.6) is 0 Å². The second-order valence-electron chi connectivity index (χ2n) is 4.02. The molecule has 2 rings (SSSR count). The summed E-state index contributed by atoms with van der Waals surface area (Å²) in [4.78, 5) is 0. The van der Waals surface area contributed by atoms with Crippen LogP contribution in [-0.2, 0) is 16.7 Å². The van der Waals surface area contributed by atoms with E-state index in [0.29, 0.717) is 6.61 Å². The summed E-state index contributed by atoms with van der Waals surface area (Å²) in [6, 6.07) is 16.4.